The molecule has 0 radical (unpaired) electrons. The van der Waals surface area contributed by atoms with Crippen molar-refractivity contribution in [2.45, 2.75) is 18.9 Å². The highest BCUT2D eigenvalue weighted by Crippen LogP contribution is 2.36. The van der Waals surface area contributed by atoms with Gasteiger partial charge in [0.05, 0.1) is 23.8 Å². The Morgan fingerprint density at radius 2 is 2.00 bits per heavy atom. The van der Waals surface area contributed by atoms with Crippen LogP contribution in [0.3, 0.4) is 0 Å². The average Bonchev–Trinajstić information content (AvgIpc) is 2.76. The van der Waals surface area contributed by atoms with Gasteiger partial charge in [0.25, 0.3) is 0 Å². The smallest absolute Gasteiger partial charge is 0.163 e. The third kappa shape index (κ3) is 4.72. The average molecular weight is 433 g/mol. The van der Waals surface area contributed by atoms with Crippen LogP contribution in [0.1, 0.15) is 12.8 Å². The van der Waals surface area contributed by atoms with Gasteiger partial charge in [-0.05, 0) is 24.3 Å². The van der Waals surface area contributed by atoms with Crippen LogP contribution in [-0.4, -0.2) is 42.4 Å². The Hall–Kier alpha value is -2.68. The zero-order valence-electron chi connectivity index (χ0n) is 16.2. The number of benzene rings is 2. The number of hydrogen-bond acceptors (Lipinski definition) is 7. The number of nitrogens with zero attached hydrogens (tertiary/aromatic N) is 2. The minimum absolute atomic E-state index is 0.0272. The number of anilines is 2. The molecule has 9 heteroatoms. The third-order valence-corrected chi connectivity index (χ3v) is 5.01. The van der Waals surface area contributed by atoms with Crippen LogP contribution in [0, 0.1) is 5.82 Å². The van der Waals surface area contributed by atoms with E-state index in [-0.39, 0.29) is 11.1 Å². The first-order chi connectivity index (χ1) is 14.6. The van der Waals surface area contributed by atoms with E-state index in [2.05, 4.69) is 15.3 Å². The molecule has 0 saturated carbocycles. The maximum atomic E-state index is 13.5. The third-order valence-electron chi connectivity index (χ3n) is 4.72. The zero-order valence-corrected chi connectivity index (χ0v) is 17.0. The van der Waals surface area contributed by atoms with Gasteiger partial charge in [-0.15, -0.1) is 0 Å². The number of aromatic nitrogens is 2. The number of ether oxygens (including phenoxy) is 3. The van der Waals surface area contributed by atoms with Crippen molar-refractivity contribution < 1.29 is 18.6 Å². The lowest BCUT2D eigenvalue weighted by Crippen LogP contribution is -2.26. The quantitative estimate of drug-likeness (QED) is 0.581. The van der Waals surface area contributed by atoms with Crippen molar-refractivity contribution in [1.82, 2.24) is 9.97 Å². The van der Waals surface area contributed by atoms with Gasteiger partial charge in [0, 0.05) is 36.5 Å². The van der Waals surface area contributed by atoms with Gasteiger partial charge in [0.15, 0.2) is 11.5 Å². The first-order valence-electron chi connectivity index (χ1n) is 9.72. The van der Waals surface area contributed by atoms with Crippen LogP contribution in [0.15, 0.2) is 36.7 Å². The summed E-state index contributed by atoms with van der Waals surface area (Å²) in [4.78, 5) is 8.69. The fourth-order valence-corrected chi connectivity index (χ4v) is 3.40. The SMILES string of the molecule is NCCOc1cc2ncnc(Nc3ccc(F)c(Cl)c3)c2cc1OC1CCOCC1. The van der Waals surface area contributed by atoms with Crippen molar-refractivity contribution in [3.05, 3.63) is 47.5 Å². The number of fused-ring (bicyclic) bond motifs is 1. The molecule has 3 N–H and O–H groups in total. The highest BCUT2D eigenvalue weighted by molar-refractivity contribution is 6.31. The van der Waals surface area contributed by atoms with Gasteiger partial charge in [-0.2, -0.15) is 0 Å². The van der Waals surface area contributed by atoms with Crippen LogP contribution < -0.4 is 20.5 Å². The van der Waals surface area contributed by atoms with E-state index in [0.29, 0.717) is 54.9 Å². The summed E-state index contributed by atoms with van der Waals surface area (Å²) in [6.45, 7) is 2.08. The van der Waals surface area contributed by atoms with Gasteiger partial charge in [-0.1, -0.05) is 11.6 Å². The van der Waals surface area contributed by atoms with Crippen LogP contribution in [0.25, 0.3) is 10.9 Å². The Morgan fingerprint density at radius 3 is 2.77 bits per heavy atom. The maximum absolute atomic E-state index is 13.5. The summed E-state index contributed by atoms with van der Waals surface area (Å²) in [5.74, 6) is 1.24. The van der Waals surface area contributed by atoms with E-state index in [9.17, 15) is 4.39 Å². The predicted octanol–water partition coefficient (Wildman–Crippen LogP) is 4.06. The molecule has 0 amide bonds. The molecule has 1 aliphatic heterocycles. The first-order valence-corrected chi connectivity index (χ1v) is 10.1. The Bertz CT molecular complexity index is 1030. The summed E-state index contributed by atoms with van der Waals surface area (Å²) < 4.78 is 30.9. The van der Waals surface area contributed by atoms with Crippen LogP contribution in [-0.2, 0) is 4.74 Å². The molecule has 1 fully saturated rings. The normalized spacial score (nSPS) is 14.6. The second-order valence-electron chi connectivity index (χ2n) is 6.86. The fraction of sp³-hybridized carbons (Fsp3) is 0.333. The lowest BCUT2D eigenvalue weighted by molar-refractivity contribution is 0.0244. The number of hydrogen-bond donors (Lipinski definition) is 2. The molecule has 0 bridgehead atoms. The lowest BCUT2D eigenvalue weighted by Gasteiger charge is -2.24. The number of halogens is 2. The molecule has 7 nitrogen and oxygen atoms in total. The van der Waals surface area contributed by atoms with Crippen molar-refractivity contribution in [3.63, 3.8) is 0 Å². The van der Waals surface area contributed by atoms with E-state index in [1.54, 1.807) is 6.07 Å². The summed E-state index contributed by atoms with van der Waals surface area (Å²) in [6, 6.07) is 8.05. The Balaban J connectivity index is 1.70. The van der Waals surface area contributed by atoms with Crippen molar-refractivity contribution in [3.8, 4) is 11.5 Å². The van der Waals surface area contributed by atoms with Crippen LogP contribution >= 0.6 is 11.6 Å². The van der Waals surface area contributed by atoms with Crippen LogP contribution in [0.5, 0.6) is 11.5 Å². The number of rotatable bonds is 7. The second-order valence-corrected chi connectivity index (χ2v) is 7.27. The molecule has 2 aromatic carbocycles. The molecule has 158 valence electrons. The summed E-state index contributed by atoms with van der Waals surface area (Å²) in [5.41, 5.74) is 6.88. The van der Waals surface area contributed by atoms with E-state index in [1.165, 1.54) is 18.5 Å². The van der Waals surface area contributed by atoms with Crippen molar-refractivity contribution >= 4 is 34.0 Å². The second kappa shape index (κ2) is 9.42. The predicted molar refractivity (Wildman–Crippen MR) is 113 cm³/mol. The molecular formula is C21H22ClFN4O3. The standard InChI is InChI=1S/C21H22ClFN4O3/c22-16-9-13(1-2-17(16)23)27-21-15-10-20(30-14-3-6-28-7-4-14)19(29-8-5-24)11-18(15)25-12-26-21/h1-2,9-12,14H,3-8,24H2,(H,25,26,27). The maximum Gasteiger partial charge on any atom is 0.163 e. The molecule has 1 aromatic heterocycles. The van der Waals surface area contributed by atoms with Crippen molar-refractivity contribution in [2.24, 2.45) is 5.73 Å². The fourth-order valence-electron chi connectivity index (χ4n) is 3.22. The Kier molecular flexibility index (Phi) is 6.47. The van der Waals surface area contributed by atoms with Gasteiger partial charge in [-0.3, -0.25) is 0 Å². The van der Waals surface area contributed by atoms with E-state index in [1.807, 2.05) is 12.1 Å². The minimum Gasteiger partial charge on any atom is -0.488 e. The largest absolute Gasteiger partial charge is 0.488 e. The van der Waals surface area contributed by atoms with Crippen LogP contribution in [0.2, 0.25) is 5.02 Å². The highest BCUT2D eigenvalue weighted by atomic mass is 35.5. The van der Waals surface area contributed by atoms with Gasteiger partial charge < -0.3 is 25.3 Å². The van der Waals surface area contributed by atoms with Gasteiger partial charge >= 0.3 is 0 Å². The molecule has 0 spiro atoms. The molecule has 0 unspecified atom stereocenters. The van der Waals surface area contributed by atoms with Crippen molar-refractivity contribution in [2.75, 3.05) is 31.7 Å². The molecule has 30 heavy (non-hydrogen) atoms. The molecule has 1 aliphatic rings. The van der Waals surface area contributed by atoms with E-state index >= 15 is 0 Å². The number of nitrogens with two attached hydrogens (primary N) is 1. The monoisotopic (exact) mass is 432 g/mol. The molecule has 4 rings (SSSR count). The summed E-state index contributed by atoms with van der Waals surface area (Å²) >= 11 is 5.90. The number of nitrogens with one attached hydrogen (secondary N) is 1. The van der Waals surface area contributed by atoms with Crippen LogP contribution in [0.4, 0.5) is 15.9 Å². The summed E-state index contributed by atoms with van der Waals surface area (Å²) in [7, 11) is 0. The van der Waals surface area contributed by atoms with Gasteiger partial charge in [-0.25, -0.2) is 14.4 Å². The Morgan fingerprint density at radius 1 is 1.17 bits per heavy atom. The molecule has 0 aliphatic carbocycles. The highest BCUT2D eigenvalue weighted by Gasteiger charge is 2.19. The minimum atomic E-state index is -0.483. The zero-order chi connectivity index (χ0) is 20.9. The Labute approximate surface area is 178 Å². The summed E-state index contributed by atoms with van der Waals surface area (Å²) in [6.07, 6.45) is 3.09. The first kappa shape index (κ1) is 20.6. The molecule has 2 heterocycles. The van der Waals surface area contributed by atoms with Gasteiger partial charge in [0.2, 0.25) is 0 Å². The molecule has 1 saturated heterocycles. The molecule has 0 atom stereocenters. The van der Waals surface area contributed by atoms with Crippen molar-refractivity contribution in [1.29, 1.82) is 0 Å². The topological polar surface area (TPSA) is 91.5 Å². The van der Waals surface area contributed by atoms with E-state index < -0.39 is 5.82 Å². The van der Waals surface area contributed by atoms with Gasteiger partial charge in [0.1, 0.15) is 30.7 Å². The van der Waals surface area contributed by atoms with E-state index in [4.69, 9.17) is 31.5 Å². The molecular weight excluding hydrogens is 411 g/mol. The molecule has 3 aromatic rings. The van der Waals surface area contributed by atoms with E-state index in [0.717, 1.165) is 18.2 Å². The summed E-state index contributed by atoms with van der Waals surface area (Å²) in [5, 5.41) is 3.93. The lowest BCUT2D eigenvalue weighted by atomic mass is 10.1.